The van der Waals surface area contributed by atoms with E-state index < -0.39 is 0 Å². The number of hydrogen-bond donors (Lipinski definition) is 2. The molecular weight excluding hydrogens is 324 g/mol. The van der Waals surface area contributed by atoms with Crippen LogP contribution in [0, 0.1) is 0 Å². The number of hydrogen-bond acceptors (Lipinski definition) is 4. The summed E-state index contributed by atoms with van der Waals surface area (Å²) >= 11 is 1.49. The molecular formula is C17H20N4O2S. The Morgan fingerprint density at radius 1 is 1.42 bits per heavy atom. The van der Waals surface area contributed by atoms with Crippen LogP contribution in [0.5, 0.6) is 0 Å². The summed E-state index contributed by atoms with van der Waals surface area (Å²) < 4.78 is 0. The molecule has 0 aliphatic carbocycles. The van der Waals surface area contributed by atoms with Crippen LogP contribution in [0.4, 0.5) is 10.5 Å². The van der Waals surface area contributed by atoms with Crippen molar-refractivity contribution in [1.82, 2.24) is 15.2 Å². The van der Waals surface area contributed by atoms with Gasteiger partial charge >= 0.3 is 6.03 Å². The second kappa shape index (κ2) is 7.00. The molecule has 3 rings (SSSR count). The summed E-state index contributed by atoms with van der Waals surface area (Å²) in [5.74, 6) is 0.0778. The van der Waals surface area contributed by atoms with Crippen molar-refractivity contribution in [1.29, 1.82) is 0 Å². The molecule has 0 saturated carbocycles. The Kier molecular flexibility index (Phi) is 4.80. The Bertz CT molecular complexity index is 757. The van der Waals surface area contributed by atoms with E-state index in [2.05, 4.69) is 29.5 Å². The van der Waals surface area contributed by atoms with Crippen LogP contribution in [0.1, 0.15) is 40.8 Å². The average Bonchev–Trinajstić information content (AvgIpc) is 3.19. The molecule has 2 N–H and O–H groups in total. The molecule has 0 radical (unpaired) electrons. The highest BCUT2D eigenvalue weighted by molar-refractivity contribution is 7.09. The predicted octanol–water partition coefficient (Wildman–Crippen LogP) is 3.04. The number of anilines is 1. The molecule has 1 aliphatic rings. The number of thiazole rings is 1. The highest BCUT2D eigenvalue weighted by Crippen LogP contribution is 2.22. The molecule has 2 heterocycles. The van der Waals surface area contributed by atoms with Crippen molar-refractivity contribution in [3.8, 4) is 0 Å². The van der Waals surface area contributed by atoms with Gasteiger partial charge in [-0.3, -0.25) is 4.79 Å². The topological polar surface area (TPSA) is 74.3 Å². The van der Waals surface area contributed by atoms with E-state index in [4.69, 9.17) is 0 Å². The number of nitrogens with one attached hydrogen (secondary N) is 2. The molecule has 126 valence electrons. The first kappa shape index (κ1) is 16.4. The molecule has 0 bridgehead atoms. The number of carbonyl (C=O) groups is 2. The summed E-state index contributed by atoms with van der Waals surface area (Å²) in [6.07, 6.45) is 0. The number of urea groups is 1. The molecule has 2 aromatic rings. The monoisotopic (exact) mass is 344 g/mol. The van der Waals surface area contributed by atoms with Gasteiger partial charge in [0.25, 0.3) is 5.91 Å². The molecule has 1 aliphatic heterocycles. The first-order valence-corrected chi connectivity index (χ1v) is 8.80. The van der Waals surface area contributed by atoms with Crippen molar-refractivity contribution in [2.45, 2.75) is 26.3 Å². The second-order valence-corrected chi connectivity index (χ2v) is 6.88. The van der Waals surface area contributed by atoms with Crippen LogP contribution in [0.2, 0.25) is 0 Å². The minimum atomic E-state index is -0.225. The summed E-state index contributed by atoms with van der Waals surface area (Å²) in [6, 6.07) is 7.46. The SMILES string of the molecule is CC(C)c1nc(C(=O)Nc2ccccc2CN2CCNC2=O)cs1. The second-order valence-electron chi connectivity index (χ2n) is 5.99. The first-order chi connectivity index (χ1) is 11.5. The van der Waals surface area contributed by atoms with Crippen molar-refractivity contribution >= 4 is 29.0 Å². The van der Waals surface area contributed by atoms with Gasteiger partial charge in [-0.2, -0.15) is 0 Å². The van der Waals surface area contributed by atoms with Gasteiger partial charge in [0, 0.05) is 36.6 Å². The number of nitrogens with zero attached hydrogens (tertiary/aromatic N) is 2. The first-order valence-electron chi connectivity index (χ1n) is 7.92. The predicted molar refractivity (Wildman–Crippen MR) is 94.4 cm³/mol. The summed E-state index contributed by atoms with van der Waals surface area (Å²) in [7, 11) is 0. The number of rotatable bonds is 5. The van der Waals surface area contributed by atoms with E-state index in [0.717, 1.165) is 10.6 Å². The lowest BCUT2D eigenvalue weighted by Gasteiger charge is -2.17. The molecule has 1 fully saturated rings. The van der Waals surface area contributed by atoms with E-state index in [0.29, 0.717) is 36.9 Å². The average molecular weight is 344 g/mol. The minimum Gasteiger partial charge on any atom is -0.336 e. The zero-order valence-electron chi connectivity index (χ0n) is 13.7. The number of carbonyl (C=O) groups excluding carboxylic acids is 2. The molecule has 3 amide bonds. The molecule has 0 unspecified atom stereocenters. The van der Waals surface area contributed by atoms with Gasteiger partial charge in [0.2, 0.25) is 0 Å². The quantitative estimate of drug-likeness (QED) is 0.875. The van der Waals surface area contributed by atoms with Crippen LogP contribution in [-0.2, 0) is 6.54 Å². The molecule has 1 aromatic carbocycles. The molecule has 7 heteroatoms. The molecule has 24 heavy (non-hydrogen) atoms. The van der Waals surface area contributed by atoms with Gasteiger partial charge in [0.1, 0.15) is 5.69 Å². The third-order valence-corrected chi connectivity index (χ3v) is 4.97. The lowest BCUT2D eigenvalue weighted by molar-refractivity contribution is 0.102. The van der Waals surface area contributed by atoms with Crippen molar-refractivity contribution in [3.05, 3.63) is 45.9 Å². The molecule has 1 aromatic heterocycles. The van der Waals surface area contributed by atoms with Gasteiger partial charge in [0.15, 0.2) is 0 Å². The fraction of sp³-hybridized carbons (Fsp3) is 0.353. The highest BCUT2D eigenvalue weighted by atomic mass is 32.1. The third-order valence-electron chi connectivity index (χ3n) is 3.82. The molecule has 0 spiro atoms. The van der Waals surface area contributed by atoms with E-state index in [1.165, 1.54) is 11.3 Å². The number of aromatic nitrogens is 1. The Morgan fingerprint density at radius 3 is 2.88 bits per heavy atom. The largest absolute Gasteiger partial charge is 0.336 e. The van der Waals surface area contributed by atoms with E-state index >= 15 is 0 Å². The zero-order chi connectivity index (χ0) is 17.1. The Labute approximate surface area is 144 Å². The maximum atomic E-state index is 12.4. The lowest BCUT2D eigenvalue weighted by Crippen LogP contribution is -2.28. The zero-order valence-corrected chi connectivity index (χ0v) is 14.5. The lowest BCUT2D eigenvalue weighted by atomic mass is 10.1. The fourth-order valence-corrected chi connectivity index (χ4v) is 3.31. The summed E-state index contributed by atoms with van der Waals surface area (Å²) in [5, 5.41) is 8.42. The van der Waals surface area contributed by atoms with Crippen molar-refractivity contribution in [2.75, 3.05) is 18.4 Å². The Morgan fingerprint density at radius 2 is 2.21 bits per heavy atom. The van der Waals surface area contributed by atoms with Crippen LogP contribution in [-0.4, -0.2) is 34.9 Å². The van der Waals surface area contributed by atoms with Crippen molar-refractivity contribution < 1.29 is 9.59 Å². The van der Waals surface area contributed by atoms with Crippen LogP contribution in [0.25, 0.3) is 0 Å². The number of amides is 3. The third kappa shape index (κ3) is 3.56. The van der Waals surface area contributed by atoms with Gasteiger partial charge in [-0.15, -0.1) is 11.3 Å². The maximum absolute atomic E-state index is 12.4. The molecule has 1 saturated heterocycles. The standard InChI is InChI=1S/C17H20N4O2S/c1-11(2)16-20-14(10-24-16)15(22)19-13-6-4-3-5-12(13)9-21-8-7-18-17(21)23/h3-6,10-11H,7-9H2,1-2H3,(H,18,23)(H,19,22). The van der Waals surface area contributed by atoms with Crippen molar-refractivity contribution in [2.24, 2.45) is 0 Å². The van der Waals surface area contributed by atoms with Crippen LogP contribution < -0.4 is 10.6 Å². The fourth-order valence-electron chi connectivity index (χ4n) is 2.49. The summed E-state index contributed by atoms with van der Waals surface area (Å²) in [4.78, 5) is 30.3. The van der Waals surface area contributed by atoms with Gasteiger partial charge in [-0.05, 0) is 11.6 Å². The van der Waals surface area contributed by atoms with E-state index in [-0.39, 0.29) is 11.9 Å². The van der Waals surface area contributed by atoms with Gasteiger partial charge < -0.3 is 15.5 Å². The highest BCUT2D eigenvalue weighted by Gasteiger charge is 2.21. The number of para-hydroxylation sites is 1. The van der Waals surface area contributed by atoms with Crippen LogP contribution in [0.15, 0.2) is 29.6 Å². The van der Waals surface area contributed by atoms with Gasteiger partial charge in [0.05, 0.1) is 5.01 Å². The van der Waals surface area contributed by atoms with Gasteiger partial charge in [-0.25, -0.2) is 9.78 Å². The minimum absolute atomic E-state index is 0.0720. The van der Waals surface area contributed by atoms with Gasteiger partial charge in [-0.1, -0.05) is 32.0 Å². The van der Waals surface area contributed by atoms with Crippen molar-refractivity contribution in [3.63, 3.8) is 0 Å². The number of benzene rings is 1. The smallest absolute Gasteiger partial charge is 0.317 e. The van der Waals surface area contributed by atoms with E-state index in [1.54, 1.807) is 10.3 Å². The molecule has 0 atom stereocenters. The summed E-state index contributed by atoms with van der Waals surface area (Å²) in [5.41, 5.74) is 2.04. The van der Waals surface area contributed by atoms with E-state index in [1.807, 2.05) is 24.3 Å². The van der Waals surface area contributed by atoms with E-state index in [9.17, 15) is 9.59 Å². The van der Waals surface area contributed by atoms with Crippen LogP contribution >= 0.6 is 11.3 Å². The summed E-state index contributed by atoms with van der Waals surface area (Å²) in [6.45, 7) is 5.90. The normalized spacial score (nSPS) is 14.1. The Hall–Kier alpha value is -2.41. The maximum Gasteiger partial charge on any atom is 0.317 e. The molecule has 6 nitrogen and oxygen atoms in total. The Balaban J connectivity index is 1.74. The van der Waals surface area contributed by atoms with Crippen LogP contribution in [0.3, 0.4) is 0 Å².